The van der Waals surface area contributed by atoms with Crippen molar-refractivity contribution in [3.05, 3.63) is 229 Å². The molecular weight excluding hydrogens is 745 g/mol. The summed E-state index contributed by atoms with van der Waals surface area (Å²) in [6.07, 6.45) is 0. The van der Waals surface area contributed by atoms with Crippen LogP contribution in [-0.4, -0.2) is 14.0 Å². The van der Waals surface area contributed by atoms with E-state index in [4.69, 9.17) is 9.40 Å². The number of nitrogens with zero attached hydrogens (tertiary/aromatic N) is 4. The van der Waals surface area contributed by atoms with E-state index in [9.17, 15) is 0 Å². The van der Waals surface area contributed by atoms with Crippen molar-refractivity contribution in [1.29, 1.82) is 0 Å². The normalized spacial score (nSPS) is 13.4. The van der Waals surface area contributed by atoms with Crippen LogP contribution in [0.25, 0.3) is 77.7 Å². The molecule has 2 aliphatic rings. The molecule has 0 saturated heterocycles. The van der Waals surface area contributed by atoms with Crippen molar-refractivity contribution in [2.24, 2.45) is 0 Å². The number of fused-ring (bicyclic) bond motifs is 18. The van der Waals surface area contributed by atoms with Gasteiger partial charge >= 0.3 is 0 Å². The molecule has 3 aromatic heterocycles. The van der Waals surface area contributed by atoms with Crippen LogP contribution in [0.15, 0.2) is 211 Å². The zero-order valence-electron chi connectivity index (χ0n) is 32.8. The van der Waals surface area contributed by atoms with Gasteiger partial charge in [-0.3, -0.25) is 8.97 Å². The van der Waals surface area contributed by atoms with E-state index >= 15 is 0 Å². The number of hydrogen-bond donors (Lipinski definition) is 0. The van der Waals surface area contributed by atoms with E-state index < -0.39 is 5.41 Å². The second kappa shape index (κ2) is 12.0. The van der Waals surface area contributed by atoms with E-state index in [0.29, 0.717) is 0 Å². The SMILES string of the molecule is c1ccc(-n2c3ccc(N(c4ccc5c(c4)C4(c6ccccc6-c6ccccc64)c4ccccc4-5)c4cccc5c4oc4ccccc45)cc3n3c4ccccc4nc23)cc1. The molecule has 0 saturated carbocycles. The zero-order chi connectivity index (χ0) is 39.8. The Bertz CT molecular complexity index is 3730. The van der Waals surface area contributed by atoms with E-state index in [1.807, 2.05) is 6.07 Å². The molecule has 0 aliphatic heterocycles. The van der Waals surface area contributed by atoms with Crippen molar-refractivity contribution in [3.8, 4) is 27.9 Å². The minimum absolute atomic E-state index is 0.481. The summed E-state index contributed by atoms with van der Waals surface area (Å²) >= 11 is 0. The molecule has 61 heavy (non-hydrogen) atoms. The maximum Gasteiger partial charge on any atom is 0.220 e. The van der Waals surface area contributed by atoms with E-state index in [1.54, 1.807) is 0 Å². The molecule has 12 aromatic rings. The van der Waals surface area contributed by atoms with Gasteiger partial charge in [0.15, 0.2) is 5.58 Å². The maximum absolute atomic E-state index is 6.84. The van der Waals surface area contributed by atoms with Crippen molar-refractivity contribution in [1.82, 2.24) is 14.0 Å². The van der Waals surface area contributed by atoms with Crippen LogP contribution in [0.1, 0.15) is 22.3 Å². The van der Waals surface area contributed by atoms with Crippen molar-refractivity contribution in [2.75, 3.05) is 4.90 Å². The van der Waals surface area contributed by atoms with E-state index in [0.717, 1.165) is 72.5 Å². The molecule has 3 heterocycles. The summed E-state index contributed by atoms with van der Waals surface area (Å²) in [5.74, 6) is 0.876. The lowest BCUT2D eigenvalue weighted by molar-refractivity contribution is 0.669. The Balaban J connectivity index is 1.08. The summed E-state index contributed by atoms with van der Waals surface area (Å²) < 4.78 is 11.4. The van der Waals surface area contributed by atoms with Crippen LogP contribution in [0.5, 0.6) is 0 Å². The van der Waals surface area contributed by atoms with Crippen molar-refractivity contribution < 1.29 is 4.42 Å². The predicted octanol–water partition coefficient (Wildman–Crippen LogP) is 14.1. The monoisotopic (exact) mass is 778 g/mol. The highest BCUT2D eigenvalue weighted by atomic mass is 16.3. The Morgan fingerprint density at radius 3 is 1.82 bits per heavy atom. The standard InChI is InChI=1S/C56H34N4O/c1-2-15-35(16-3-1)59-50-32-30-37(34-52(50)60-49-26-12-11-25-48(49)57-55(59)60)58(51-27-14-21-43-42-20-7-13-28-53(42)61-54(43)51)36-29-31-41-40-19-6-10-24-46(40)56(47(41)33-36)44-22-8-4-17-38(44)39-18-5-9-23-45(39)56/h1-34H. The molecule has 0 unspecified atom stereocenters. The summed E-state index contributed by atoms with van der Waals surface area (Å²) in [5, 5.41) is 2.19. The average molecular weight is 779 g/mol. The van der Waals surface area contributed by atoms with Crippen LogP contribution in [0, 0.1) is 0 Å². The molecule has 0 N–H and O–H groups in total. The fourth-order valence-electron chi connectivity index (χ4n) is 10.9. The molecule has 14 rings (SSSR count). The molecule has 284 valence electrons. The molecule has 5 heteroatoms. The largest absolute Gasteiger partial charge is 0.454 e. The van der Waals surface area contributed by atoms with Crippen molar-refractivity contribution in [2.45, 2.75) is 5.41 Å². The number of hydrogen-bond acceptors (Lipinski definition) is 3. The lowest BCUT2D eigenvalue weighted by Gasteiger charge is -2.32. The molecule has 0 radical (unpaired) electrons. The number of furan rings is 1. The Morgan fingerprint density at radius 1 is 0.443 bits per heavy atom. The van der Waals surface area contributed by atoms with E-state index in [-0.39, 0.29) is 0 Å². The third-order valence-corrected chi connectivity index (χ3v) is 13.3. The lowest BCUT2D eigenvalue weighted by Crippen LogP contribution is -2.26. The van der Waals surface area contributed by atoms with Gasteiger partial charge in [0.2, 0.25) is 5.78 Å². The van der Waals surface area contributed by atoms with Gasteiger partial charge in [-0.2, -0.15) is 0 Å². The minimum atomic E-state index is -0.481. The summed E-state index contributed by atoms with van der Waals surface area (Å²) in [6.45, 7) is 0. The van der Waals surface area contributed by atoms with Gasteiger partial charge in [0.25, 0.3) is 0 Å². The third kappa shape index (κ3) is 4.21. The first-order valence-corrected chi connectivity index (χ1v) is 20.9. The van der Waals surface area contributed by atoms with Crippen molar-refractivity contribution in [3.63, 3.8) is 0 Å². The summed E-state index contributed by atoms with van der Waals surface area (Å²) in [5.41, 5.74) is 19.9. The highest BCUT2D eigenvalue weighted by Crippen LogP contribution is 2.63. The van der Waals surface area contributed by atoms with E-state index in [1.165, 1.54) is 44.5 Å². The first-order chi connectivity index (χ1) is 30.3. The van der Waals surface area contributed by atoms with Crippen LogP contribution in [0.3, 0.4) is 0 Å². The van der Waals surface area contributed by atoms with Crippen LogP contribution >= 0.6 is 0 Å². The average Bonchev–Trinajstić information content (AvgIpc) is 4.11. The Morgan fingerprint density at radius 2 is 1.05 bits per heavy atom. The Labute approximate surface area is 350 Å². The third-order valence-electron chi connectivity index (χ3n) is 13.3. The smallest absolute Gasteiger partial charge is 0.220 e. The number of anilines is 3. The van der Waals surface area contributed by atoms with Gasteiger partial charge in [-0.1, -0.05) is 140 Å². The number of imidazole rings is 2. The van der Waals surface area contributed by atoms with Gasteiger partial charge < -0.3 is 9.32 Å². The quantitative estimate of drug-likeness (QED) is 0.179. The highest BCUT2D eigenvalue weighted by Gasteiger charge is 2.51. The van der Waals surface area contributed by atoms with Gasteiger partial charge in [0.05, 0.1) is 33.2 Å². The molecule has 5 nitrogen and oxygen atoms in total. The molecule has 0 atom stereocenters. The predicted molar refractivity (Wildman–Crippen MR) is 248 cm³/mol. The van der Waals surface area contributed by atoms with Gasteiger partial charge in [-0.25, -0.2) is 4.98 Å². The van der Waals surface area contributed by atoms with Gasteiger partial charge in [0.1, 0.15) is 5.58 Å². The first kappa shape index (κ1) is 32.8. The van der Waals surface area contributed by atoms with Crippen LogP contribution in [0.4, 0.5) is 17.1 Å². The molecule has 1 spiro atoms. The lowest BCUT2D eigenvalue weighted by atomic mass is 9.70. The van der Waals surface area contributed by atoms with E-state index in [2.05, 4.69) is 214 Å². The van der Waals surface area contributed by atoms with Crippen LogP contribution in [-0.2, 0) is 5.41 Å². The zero-order valence-corrected chi connectivity index (χ0v) is 32.8. The molecular formula is C56H34N4O. The molecule has 0 amide bonds. The topological polar surface area (TPSA) is 38.6 Å². The highest BCUT2D eigenvalue weighted by molar-refractivity contribution is 6.11. The van der Waals surface area contributed by atoms with Crippen LogP contribution in [0.2, 0.25) is 0 Å². The van der Waals surface area contributed by atoms with Crippen molar-refractivity contribution >= 4 is 66.8 Å². The summed E-state index contributed by atoms with van der Waals surface area (Å²) in [7, 11) is 0. The second-order valence-electron chi connectivity index (χ2n) is 16.3. The number of aromatic nitrogens is 3. The number of para-hydroxylation sites is 5. The minimum Gasteiger partial charge on any atom is -0.454 e. The molecule has 2 aliphatic carbocycles. The fourth-order valence-corrected chi connectivity index (χ4v) is 10.9. The number of benzene rings is 9. The Hall–Kier alpha value is -8.15. The fraction of sp³-hybridized carbons (Fsp3) is 0.0179. The molecule has 9 aromatic carbocycles. The first-order valence-electron chi connectivity index (χ1n) is 20.9. The maximum atomic E-state index is 6.84. The molecule has 0 bridgehead atoms. The van der Waals surface area contributed by atoms with Gasteiger partial charge in [-0.05, 0) is 111 Å². The summed E-state index contributed by atoms with van der Waals surface area (Å²) in [4.78, 5) is 7.62. The Kier molecular flexibility index (Phi) is 6.43. The molecule has 0 fully saturated rings. The second-order valence-corrected chi connectivity index (χ2v) is 16.3. The van der Waals surface area contributed by atoms with Gasteiger partial charge in [-0.15, -0.1) is 0 Å². The van der Waals surface area contributed by atoms with Gasteiger partial charge in [0, 0.05) is 27.8 Å². The van der Waals surface area contributed by atoms with Crippen LogP contribution < -0.4 is 4.90 Å². The number of rotatable bonds is 4. The summed E-state index contributed by atoms with van der Waals surface area (Å²) in [6, 6.07) is 74.8.